The highest BCUT2D eigenvalue weighted by molar-refractivity contribution is 5.68. The van der Waals surface area contributed by atoms with E-state index in [0.29, 0.717) is 17.9 Å². The molecule has 0 spiro atoms. The van der Waals surface area contributed by atoms with Crippen LogP contribution in [0.1, 0.15) is 60.3 Å². The summed E-state index contributed by atoms with van der Waals surface area (Å²) in [6.07, 6.45) is 4.61. The Labute approximate surface area is 141 Å². The molecule has 2 fully saturated rings. The molecule has 2 rings (SSSR count). The van der Waals surface area contributed by atoms with E-state index in [1.54, 1.807) is 0 Å². The Morgan fingerprint density at radius 1 is 1.17 bits per heavy atom. The zero-order valence-electron chi connectivity index (χ0n) is 15.5. The van der Waals surface area contributed by atoms with E-state index < -0.39 is 5.60 Å². The highest BCUT2D eigenvalue weighted by Gasteiger charge is 2.39. The van der Waals surface area contributed by atoms with Gasteiger partial charge in [0.15, 0.2) is 0 Å². The third-order valence-corrected chi connectivity index (χ3v) is 5.30. The number of nitrogens with zero attached hydrogens (tertiary/aromatic N) is 1. The van der Waals surface area contributed by atoms with Gasteiger partial charge < -0.3 is 9.64 Å². The van der Waals surface area contributed by atoms with Crippen molar-refractivity contribution < 1.29 is 9.53 Å². The predicted octanol–water partition coefficient (Wildman–Crippen LogP) is 3.15. The summed E-state index contributed by atoms with van der Waals surface area (Å²) in [4.78, 5) is 14.1. The van der Waals surface area contributed by atoms with Crippen molar-refractivity contribution in [1.29, 1.82) is 0 Å². The van der Waals surface area contributed by atoms with E-state index in [4.69, 9.17) is 10.6 Å². The van der Waals surface area contributed by atoms with E-state index in [1.165, 1.54) is 19.3 Å². The number of nitrogens with two attached hydrogens (primary N) is 1. The Bertz CT molecular complexity index is 398. The molecule has 1 aliphatic heterocycles. The minimum absolute atomic E-state index is 0.193. The number of carbonyl (C=O) groups excluding carboxylic acids is 1. The first-order chi connectivity index (χ1) is 10.7. The normalized spacial score (nSPS) is 33.6. The minimum Gasteiger partial charge on any atom is -0.444 e. The molecular formula is C18H35N3O2. The van der Waals surface area contributed by atoms with E-state index in [0.717, 1.165) is 31.3 Å². The average Bonchev–Trinajstić information content (AvgIpc) is 2.86. The third-order valence-electron chi connectivity index (χ3n) is 5.30. The summed E-state index contributed by atoms with van der Waals surface area (Å²) in [5.74, 6) is 8.49. The maximum Gasteiger partial charge on any atom is 0.410 e. The van der Waals surface area contributed by atoms with Gasteiger partial charge in [0.1, 0.15) is 5.60 Å². The van der Waals surface area contributed by atoms with E-state index in [9.17, 15) is 4.79 Å². The number of likely N-dealkylation sites (tertiary alicyclic amines) is 1. The van der Waals surface area contributed by atoms with Gasteiger partial charge in [0.2, 0.25) is 0 Å². The molecule has 0 aromatic rings. The largest absolute Gasteiger partial charge is 0.444 e. The molecule has 1 aliphatic carbocycles. The van der Waals surface area contributed by atoms with Crippen LogP contribution in [0.15, 0.2) is 0 Å². The predicted molar refractivity (Wildman–Crippen MR) is 92.7 cm³/mol. The number of hydrazine groups is 1. The van der Waals surface area contributed by atoms with Crippen LogP contribution in [0, 0.1) is 23.7 Å². The van der Waals surface area contributed by atoms with Gasteiger partial charge in [0, 0.05) is 19.1 Å². The van der Waals surface area contributed by atoms with Crippen LogP contribution in [-0.2, 0) is 4.74 Å². The van der Waals surface area contributed by atoms with Crippen molar-refractivity contribution >= 4 is 6.09 Å². The second kappa shape index (κ2) is 7.39. The number of hydrogen-bond donors (Lipinski definition) is 2. The van der Waals surface area contributed by atoms with Crippen LogP contribution in [0.4, 0.5) is 4.79 Å². The molecule has 134 valence electrons. The molecule has 1 saturated heterocycles. The lowest BCUT2D eigenvalue weighted by Gasteiger charge is -2.38. The first-order valence-electron chi connectivity index (χ1n) is 9.13. The van der Waals surface area contributed by atoms with E-state index >= 15 is 0 Å². The Morgan fingerprint density at radius 3 is 2.30 bits per heavy atom. The van der Waals surface area contributed by atoms with Crippen LogP contribution >= 0.6 is 0 Å². The average molecular weight is 325 g/mol. The molecule has 0 radical (unpaired) electrons. The molecule has 5 nitrogen and oxygen atoms in total. The molecule has 0 aromatic carbocycles. The molecule has 4 unspecified atom stereocenters. The topological polar surface area (TPSA) is 67.6 Å². The van der Waals surface area contributed by atoms with Gasteiger partial charge in [-0.3, -0.25) is 11.3 Å². The highest BCUT2D eigenvalue weighted by Crippen LogP contribution is 2.38. The van der Waals surface area contributed by atoms with Crippen LogP contribution in [0.25, 0.3) is 0 Å². The molecule has 23 heavy (non-hydrogen) atoms. The van der Waals surface area contributed by atoms with Crippen molar-refractivity contribution in [3.63, 3.8) is 0 Å². The summed E-state index contributed by atoms with van der Waals surface area (Å²) in [6.45, 7) is 11.9. The fourth-order valence-corrected chi connectivity index (χ4v) is 4.53. The molecular weight excluding hydrogens is 290 g/mol. The van der Waals surface area contributed by atoms with Gasteiger partial charge in [-0.15, -0.1) is 0 Å². The smallest absolute Gasteiger partial charge is 0.410 e. The third kappa shape index (κ3) is 5.08. The van der Waals surface area contributed by atoms with Gasteiger partial charge in [-0.2, -0.15) is 0 Å². The molecule has 1 heterocycles. The van der Waals surface area contributed by atoms with Crippen LogP contribution in [0.5, 0.6) is 0 Å². The summed E-state index contributed by atoms with van der Waals surface area (Å²) in [7, 11) is 0. The number of carbonyl (C=O) groups is 1. The molecule has 5 heteroatoms. The Balaban J connectivity index is 1.94. The van der Waals surface area contributed by atoms with Crippen molar-refractivity contribution in [2.45, 2.75) is 71.9 Å². The van der Waals surface area contributed by atoms with Crippen LogP contribution < -0.4 is 11.3 Å². The lowest BCUT2D eigenvalue weighted by Crippen LogP contribution is -2.49. The quantitative estimate of drug-likeness (QED) is 0.618. The van der Waals surface area contributed by atoms with Crippen molar-refractivity contribution in [3.8, 4) is 0 Å². The van der Waals surface area contributed by atoms with Gasteiger partial charge in [-0.25, -0.2) is 4.79 Å². The number of hydrogen-bond acceptors (Lipinski definition) is 4. The molecule has 1 saturated carbocycles. The summed E-state index contributed by atoms with van der Waals surface area (Å²) >= 11 is 0. The zero-order valence-corrected chi connectivity index (χ0v) is 15.5. The Hall–Kier alpha value is -0.810. The van der Waals surface area contributed by atoms with Gasteiger partial charge in [0.25, 0.3) is 0 Å². The first kappa shape index (κ1) is 18.5. The Kier molecular flexibility index (Phi) is 5.95. The summed E-state index contributed by atoms with van der Waals surface area (Å²) in [5.41, 5.74) is 2.65. The lowest BCUT2D eigenvalue weighted by molar-refractivity contribution is 0.0279. The van der Waals surface area contributed by atoms with Crippen molar-refractivity contribution in [2.24, 2.45) is 29.5 Å². The second-order valence-electron chi connectivity index (χ2n) is 8.85. The zero-order chi connectivity index (χ0) is 17.2. The lowest BCUT2D eigenvalue weighted by atomic mass is 9.71. The van der Waals surface area contributed by atoms with Crippen molar-refractivity contribution in [1.82, 2.24) is 10.3 Å². The van der Waals surface area contributed by atoms with Gasteiger partial charge in [0.05, 0.1) is 0 Å². The van der Waals surface area contributed by atoms with Crippen LogP contribution in [-0.4, -0.2) is 35.7 Å². The summed E-state index contributed by atoms with van der Waals surface area (Å²) in [5, 5.41) is 0. The summed E-state index contributed by atoms with van der Waals surface area (Å²) < 4.78 is 5.50. The van der Waals surface area contributed by atoms with Crippen molar-refractivity contribution in [2.75, 3.05) is 13.1 Å². The summed E-state index contributed by atoms with van der Waals surface area (Å²) in [6, 6.07) is 0.299. The fraction of sp³-hybridized carbons (Fsp3) is 0.944. The van der Waals surface area contributed by atoms with Gasteiger partial charge >= 0.3 is 6.09 Å². The van der Waals surface area contributed by atoms with E-state index in [1.807, 2.05) is 25.7 Å². The number of nitrogens with one attached hydrogen (secondary N) is 1. The molecule has 3 N–H and O–H groups in total. The highest BCUT2D eigenvalue weighted by atomic mass is 16.6. The fourth-order valence-electron chi connectivity index (χ4n) is 4.53. The Morgan fingerprint density at radius 2 is 1.78 bits per heavy atom. The van der Waals surface area contributed by atoms with Gasteiger partial charge in [-0.05, 0) is 70.1 Å². The molecule has 0 bridgehead atoms. The number of rotatable bonds is 3. The second-order valence-corrected chi connectivity index (χ2v) is 8.85. The minimum atomic E-state index is -0.436. The SMILES string of the molecule is CC1CC(C)CC(C(NN)C2CCN(C(=O)OC(C)(C)C)C2)C1. The van der Waals surface area contributed by atoms with Crippen LogP contribution in [0.3, 0.4) is 0 Å². The molecule has 0 aromatic heterocycles. The monoisotopic (exact) mass is 325 g/mol. The maximum atomic E-state index is 12.2. The molecule has 4 atom stereocenters. The maximum absolute atomic E-state index is 12.2. The molecule has 1 amide bonds. The van der Waals surface area contributed by atoms with E-state index in [2.05, 4.69) is 19.3 Å². The van der Waals surface area contributed by atoms with Gasteiger partial charge in [-0.1, -0.05) is 13.8 Å². The molecule has 2 aliphatic rings. The number of ether oxygens (including phenoxy) is 1. The standard InChI is InChI=1S/C18H35N3O2/c1-12-8-13(2)10-15(9-12)16(20-19)14-6-7-21(11-14)17(22)23-18(3,4)5/h12-16,20H,6-11,19H2,1-5H3. The van der Waals surface area contributed by atoms with E-state index in [-0.39, 0.29) is 6.09 Å². The van der Waals surface area contributed by atoms with Crippen LogP contribution in [0.2, 0.25) is 0 Å². The van der Waals surface area contributed by atoms with Crippen molar-refractivity contribution in [3.05, 3.63) is 0 Å². The number of amides is 1. The first-order valence-corrected chi connectivity index (χ1v) is 9.13.